The van der Waals surface area contributed by atoms with Crippen LogP contribution < -0.4 is 15.0 Å². The van der Waals surface area contributed by atoms with Crippen LogP contribution in [0, 0.1) is 17.0 Å². The SMILES string of the molecule is COc1ccc(C2c3c(nc(C)[nH]c3=O)Oc3c2n(C(C)=O)c2ccccc32)cc1[N+](=O)[O-]. The Bertz CT molecular complexity index is 1530. The molecule has 2 aromatic heterocycles. The van der Waals surface area contributed by atoms with E-state index in [0.29, 0.717) is 33.7 Å². The highest BCUT2D eigenvalue weighted by molar-refractivity contribution is 5.98. The molecule has 10 heteroatoms. The minimum Gasteiger partial charge on any atom is -0.490 e. The number of hydrogen-bond donors (Lipinski definition) is 1. The maximum absolute atomic E-state index is 13.1. The van der Waals surface area contributed by atoms with Gasteiger partial charge in [0, 0.05) is 18.4 Å². The molecule has 5 rings (SSSR count). The summed E-state index contributed by atoms with van der Waals surface area (Å²) >= 11 is 0. The molecule has 0 saturated carbocycles. The van der Waals surface area contributed by atoms with Crippen molar-refractivity contribution in [2.75, 3.05) is 7.11 Å². The number of aryl methyl sites for hydroxylation is 1. The van der Waals surface area contributed by atoms with Gasteiger partial charge in [0.1, 0.15) is 5.82 Å². The molecule has 2 aromatic carbocycles. The van der Waals surface area contributed by atoms with Gasteiger partial charge >= 0.3 is 5.69 Å². The lowest BCUT2D eigenvalue weighted by Gasteiger charge is -2.26. The Balaban J connectivity index is 1.92. The van der Waals surface area contributed by atoms with E-state index in [2.05, 4.69) is 9.97 Å². The van der Waals surface area contributed by atoms with Crippen molar-refractivity contribution in [1.82, 2.24) is 14.5 Å². The zero-order valence-electron chi connectivity index (χ0n) is 17.9. The average Bonchev–Trinajstić information content (AvgIpc) is 3.11. The largest absolute Gasteiger partial charge is 0.490 e. The van der Waals surface area contributed by atoms with Crippen LogP contribution in [0.15, 0.2) is 47.3 Å². The number of aromatic amines is 1. The van der Waals surface area contributed by atoms with E-state index in [0.717, 1.165) is 0 Å². The van der Waals surface area contributed by atoms with Crippen LogP contribution in [-0.4, -0.2) is 32.5 Å². The van der Waals surface area contributed by atoms with E-state index in [-0.39, 0.29) is 28.8 Å². The van der Waals surface area contributed by atoms with Crippen LogP contribution in [0.3, 0.4) is 0 Å². The third-order valence-corrected chi connectivity index (χ3v) is 5.71. The Morgan fingerprint density at radius 3 is 2.73 bits per heavy atom. The van der Waals surface area contributed by atoms with Crippen LogP contribution in [-0.2, 0) is 0 Å². The highest BCUT2D eigenvalue weighted by Gasteiger charge is 2.39. The minimum atomic E-state index is -0.846. The van der Waals surface area contributed by atoms with Crippen LogP contribution >= 0.6 is 0 Å². The minimum absolute atomic E-state index is 0.0827. The van der Waals surface area contributed by atoms with Gasteiger partial charge in [-0.1, -0.05) is 18.2 Å². The van der Waals surface area contributed by atoms with Gasteiger partial charge in [0.2, 0.25) is 11.8 Å². The third-order valence-electron chi connectivity index (χ3n) is 5.71. The molecule has 0 aliphatic carbocycles. The second kappa shape index (κ2) is 7.30. The number of carbonyl (C=O) groups excluding carboxylic acids is 1. The summed E-state index contributed by atoms with van der Waals surface area (Å²) in [6.07, 6.45) is 0. The molecule has 0 amide bonds. The molecule has 0 saturated heterocycles. The molecule has 3 heterocycles. The lowest BCUT2D eigenvalue weighted by Crippen LogP contribution is -2.27. The number of aromatic nitrogens is 3. The van der Waals surface area contributed by atoms with Gasteiger partial charge in [-0.15, -0.1) is 0 Å². The average molecular weight is 446 g/mol. The maximum atomic E-state index is 13.1. The molecular formula is C23H18N4O6. The smallest absolute Gasteiger partial charge is 0.311 e. The number of ether oxygens (including phenoxy) is 2. The predicted octanol–water partition coefficient (Wildman–Crippen LogP) is 3.90. The number of methoxy groups -OCH3 is 1. The summed E-state index contributed by atoms with van der Waals surface area (Å²) in [5.41, 5.74) is 0.891. The number of fused-ring (bicyclic) bond motifs is 4. The van der Waals surface area contributed by atoms with Crippen molar-refractivity contribution in [3.8, 4) is 17.4 Å². The van der Waals surface area contributed by atoms with E-state index in [4.69, 9.17) is 9.47 Å². The lowest BCUT2D eigenvalue weighted by atomic mass is 9.87. The number of nitrogens with one attached hydrogen (secondary N) is 1. The number of rotatable bonds is 3. The van der Waals surface area contributed by atoms with Gasteiger partial charge in [-0.2, -0.15) is 4.98 Å². The number of hydrogen-bond acceptors (Lipinski definition) is 7. The molecular weight excluding hydrogens is 428 g/mol. The summed E-state index contributed by atoms with van der Waals surface area (Å²) in [7, 11) is 1.34. The van der Waals surface area contributed by atoms with E-state index in [1.165, 1.54) is 30.7 Å². The molecule has 0 bridgehead atoms. The summed E-state index contributed by atoms with van der Waals surface area (Å²) in [6.45, 7) is 3.04. The highest BCUT2D eigenvalue weighted by Crippen LogP contribution is 2.50. The Morgan fingerprint density at radius 2 is 2.03 bits per heavy atom. The summed E-state index contributed by atoms with van der Waals surface area (Å²) < 4.78 is 12.7. The van der Waals surface area contributed by atoms with Gasteiger partial charge in [-0.25, -0.2) is 0 Å². The molecule has 166 valence electrons. The van der Waals surface area contributed by atoms with Gasteiger partial charge in [0.05, 0.1) is 34.7 Å². The Hall–Kier alpha value is -4.47. The molecule has 10 nitrogen and oxygen atoms in total. The Labute approximate surface area is 186 Å². The molecule has 0 fully saturated rings. The quantitative estimate of drug-likeness (QED) is 0.329. The summed E-state index contributed by atoms with van der Waals surface area (Å²) in [6, 6.07) is 11.7. The van der Waals surface area contributed by atoms with E-state index < -0.39 is 16.4 Å². The first-order valence-electron chi connectivity index (χ1n) is 10.1. The fourth-order valence-corrected chi connectivity index (χ4v) is 4.43. The van der Waals surface area contributed by atoms with Crippen molar-refractivity contribution in [3.63, 3.8) is 0 Å². The third kappa shape index (κ3) is 2.99. The van der Waals surface area contributed by atoms with Crippen LogP contribution in [0.2, 0.25) is 0 Å². The number of benzene rings is 2. The van der Waals surface area contributed by atoms with Crippen molar-refractivity contribution in [2.45, 2.75) is 19.8 Å². The summed E-state index contributed by atoms with van der Waals surface area (Å²) in [4.78, 5) is 44.0. The van der Waals surface area contributed by atoms with E-state index in [1.54, 1.807) is 25.1 Å². The van der Waals surface area contributed by atoms with Crippen LogP contribution in [0.1, 0.15) is 40.3 Å². The number of nitro benzene ring substituents is 1. The molecule has 1 aliphatic rings. The number of H-pyrrole nitrogens is 1. The number of para-hydroxylation sites is 1. The van der Waals surface area contributed by atoms with E-state index >= 15 is 0 Å². The standard InChI is InChI=1S/C23H18N4O6/c1-11-24-22(29)19-18(13-8-9-17(32-3)16(10-13)27(30)31)20-21(33-23(19)25-11)14-6-4-5-7-15(14)26(20)12(2)28/h4-10,18H,1-3H3,(H,24,25,29). The zero-order valence-corrected chi connectivity index (χ0v) is 17.9. The number of nitrogens with zero attached hydrogens (tertiary/aromatic N) is 3. The molecule has 0 spiro atoms. The van der Waals surface area contributed by atoms with Gasteiger partial charge in [-0.3, -0.25) is 24.3 Å². The van der Waals surface area contributed by atoms with Crippen LogP contribution in [0.5, 0.6) is 17.4 Å². The predicted molar refractivity (Wildman–Crippen MR) is 119 cm³/mol. The lowest BCUT2D eigenvalue weighted by molar-refractivity contribution is -0.385. The van der Waals surface area contributed by atoms with Gasteiger partial charge in [-0.05, 0) is 30.7 Å². The normalized spacial score (nSPS) is 14.3. The topological polar surface area (TPSA) is 129 Å². The molecule has 33 heavy (non-hydrogen) atoms. The van der Waals surface area contributed by atoms with E-state index in [9.17, 15) is 19.7 Å². The molecule has 1 N–H and O–H groups in total. The van der Waals surface area contributed by atoms with Gasteiger partial charge in [0.25, 0.3) is 5.56 Å². The fraction of sp³-hybridized carbons (Fsp3) is 0.174. The molecule has 1 atom stereocenters. The van der Waals surface area contributed by atoms with Crippen molar-refractivity contribution in [3.05, 3.63) is 85.6 Å². The van der Waals surface area contributed by atoms with Crippen LogP contribution in [0.4, 0.5) is 5.69 Å². The first kappa shape index (κ1) is 20.4. The zero-order chi connectivity index (χ0) is 23.4. The first-order valence-corrected chi connectivity index (χ1v) is 10.1. The van der Waals surface area contributed by atoms with Gasteiger partial charge in [0.15, 0.2) is 11.5 Å². The monoisotopic (exact) mass is 446 g/mol. The first-order chi connectivity index (χ1) is 15.8. The number of nitro groups is 1. The maximum Gasteiger partial charge on any atom is 0.311 e. The molecule has 4 aromatic rings. The van der Waals surface area contributed by atoms with Crippen molar-refractivity contribution in [2.24, 2.45) is 0 Å². The highest BCUT2D eigenvalue weighted by atomic mass is 16.6. The molecule has 0 radical (unpaired) electrons. The Morgan fingerprint density at radius 1 is 1.27 bits per heavy atom. The summed E-state index contributed by atoms with van der Waals surface area (Å²) in [5, 5.41) is 12.4. The summed E-state index contributed by atoms with van der Waals surface area (Å²) in [5.74, 6) is -0.213. The van der Waals surface area contributed by atoms with E-state index in [1.807, 2.05) is 12.1 Å². The Kier molecular flexibility index (Phi) is 4.52. The van der Waals surface area contributed by atoms with Crippen molar-refractivity contribution >= 4 is 22.5 Å². The molecule has 1 unspecified atom stereocenters. The van der Waals surface area contributed by atoms with Crippen LogP contribution in [0.25, 0.3) is 10.9 Å². The number of carbonyl (C=O) groups is 1. The second-order valence-electron chi connectivity index (χ2n) is 7.68. The second-order valence-corrected chi connectivity index (χ2v) is 7.68. The fourth-order valence-electron chi connectivity index (χ4n) is 4.43. The van der Waals surface area contributed by atoms with Crippen molar-refractivity contribution < 1.29 is 19.2 Å². The van der Waals surface area contributed by atoms with Gasteiger partial charge < -0.3 is 14.5 Å². The van der Waals surface area contributed by atoms with Crippen molar-refractivity contribution in [1.29, 1.82) is 0 Å². The molecule has 1 aliphatic heterocycles.